The van der Waals surface area contributed by atoms with Gasteiger partial charge in [-0.05, 0) is 66.9 Å². The molecule has 1 aliphatic rings. The molecule has 0 radical (unpaired) electrons. The number of carbonyl (C=O) groups excluding carboxylic acids is 4. The van der Waals surface area contributed by atoms with Crippen LogP contribution in [0.5, 0.6) is 0 Å². The number of esters is 1. The fourth-order valence-corrected chi connectivity index (χ4v) is 4.20. The van der Waals surface area contributed by atoms with Crippen molar-refractivity contribution in [2.24, 2.45) is 0 Å². The number of hydrogen-bond acceptors (Lipinski definition) is 6. The Balaban J connectivity index is 1.38. The first-order valence-electron chi connectivity index (χ1n) is 12.2. The summed E-state index contributed by atoms with van der Waals surface area (Å²) in [6, 6.07) is 18.2. The zero-order valence-electron chi connectivity index (χ0n) is 21.2. The number of benzene rings is 3. The third-order valence-electron chi connectivity index (χ3n) is 5.85. The normalized spacial score (nSPS) is 13.1. The van der Waals surface area contributed by atoms with Crippen LogP contribution in [0, 0.1) is 6.92 Å². The third kappa shape index (κ3) is 6.47. The summed E-state index contributed by atoms with van der Waals surface area (Å²) in [6.07, 6.45) is 0.796. The molecule has 200 valence electrons. The standard InChI is InChI=1S/C29H25Cl2N3O5/c1-3-13-39-29(38)19-5-4-6-21(15-19)32-24(35)14-18-8-10-20(11-9-18)33-26-25(31)27(36)34(28(26)37)22-12-7-17(2)23(30)16-22/h4-12,15-16,33H,3,13-14H2,1-2H3,(H,32,35). The SMILES string of the molecule is CCCOC(=O)c1cccc(NC(=O)Cc2ccc(NC3=C(Cl)C(=O)N(c4ccc(C)c(Cl)c4)C3=O)cc2)c1. The number of aryl methyl sites for hydroxylation is 1. The minimum Gasteiger partial charge on any atom is -0.462 e. The Morgan fingerprint density at radius 2 is 1.67 bits per heavy atom. The number of anilines is 3. The number of amides is 3. The van der Waals surface area contributed by atoms with E-state index in [-0.39, 0.29) is 23.1 Å². The predicted octanol–water partition coefficient (Wildman–Crippen LogP) is 5.83. The Morgan fingerprint density at radius 3 is 2.36 bits per heavy atom. The highest BCUT2D eigenvalue weighted by Crippen LogP contribution is 2.32. The van der Waals surface area contributed by atoms with Gasteiger partial charge in [-0.2, -0.15) is 0 Å². The lowest BCUT2D eigenvalue weighted by molar-refractivity contribution is -0.120. The van der Waals surface area contributed by atoms with Gasteiger partial charge < -0.3 is 15.4 Å². The van der Waals surface area contributed by atoms with E-state index in [0.29, 0.717) is 39.8 Å². The number of hydrogen-bond donors (Lipinski definition) is 2. The molecule has 1 aliphatic heterocycles. The van der Waals surface area contributed by atoms with Crippen molar-refractivity contribution >= 4 is 64.0 Å². The predicted molar refractivity (Wildman–Crippen MR) is 151 cm³/mol. The number of carbonyl (C=O) groups is 4. The average Bonchev–Trinajstić information content (AvgIpc) is 3.13. The summed E-state index contributed by atoms with van der Waals surface area (Å²) in [5, 5.41) is 5.87. The monoisotopic (exact) mass is 565 g/mol. The summed E-state index contributed by atoms with van der Waals surface area (Å²) in [7, 11) is 0. The molecule has 39 heavy (non-hydrogen) atoms. The van der Waals surface area contributed by atoms with Gasteiger partial charge in [0.25, 0.3) is 11.8 Å². The molecule has 0 spiro atoms. The molecule has 8 nitrogen and oxygen atoms in total. The van der Waals surface area contributed by atoms with E-state index in [0.717, 1.165) is 16.9 Å². The second-order valence-corrected chi connectivity index (χ2v) is 9.62. The number of nitrogens with zero attached hydrogens (tertiary/aromatic N) is 1. The second-order valence-electron chi connectivity index (χ2n) is 8.83. The van der Waals surface area contributed by atoms with Gasteiger partial charge >= 0.3 is 5.97 Å². The lowest BCUT2D eigenvalue weighted by Crippen LogP contribution is -2.32. The minimum atomic E-state index is -0.653. The van der Waals surface area contributed by atoms with Crippen molar-refractivity contribution in [3.05, 3.63) is 99.2 Å². The van der Waals surface area contributed by atoms with Gasteiger partial charge in [0.15, 0.2) is 0 Å². The van der Waals surface area contributed by atoms with Crippen molar-refractivity contribution in [3.8, 4) is 0 Å². The first-order valence-corrected chi connectivity index (χ1v) is 12.9. The minimum absolute atomic E-state index is 0.0544. The van der Waals surface area contributed by atoms with Gasteiger partial charge in [0.1, 0.15) is 10.7 Å². The second kappa shape index (κ2) is 12.1. The highest BCUT2D eigenvalue weighted by Gasteiger charge is 2.39. The lowest BCUT2D eigenvalue weighted by Gasteiger charge is -2.16. The molecule has 0 aliphatic carbocycles. The molecule has 0 bridgehead atoms. The molecule has 3 amide bonds. The van der Waals surface area contributed by atoms with Crippen LogP contribution in [-0.2, 0) is 25.5 Å². The van der Waals surface area contributed by atoms with Crippen LogP contribution in [0.4, 0.5) is 17.1 Å². The molecule has 0 unspecified atom stereocenters. The summed E-state index contributed by atoms with van der Waals surface area (Å²) in [6.45, 7) is 4.05. The van der Waals surface area contributed by atoms with Crippen molar-refractivity contribution < 1.29 is 23.9 Å². The van der Waals surface area contributed by atoms with Crippen LogP contribution in [0.2, 0.25) is 5.02 Å². The van der Waals surface area contributed by atoms with Crippen LogP contribution < -0.4 is 15.5 Å². The van der Waals surface area contributed by atoms with Crippen LogP contribution in [-0.4, -0.2) is 30.3 Å². The van der Waals surface area contributed by atoms with E-state index in [9.17, 15) is 19.2 Å². The van der Waals surface area contributed by atoms with E-state index >= 15 is 0 Å². The summed E-state index contributed by atoms with van der Waals surface area (Å²) >= 11 is 12.4. The van der Waals surface area contributed by atoms with Gasteiger partial charge in [0.2, 0.25) is 5.91 Å². The molecular weight excluding hydrogens is 541 g/mol. The van der Waals surface area contributed by atoms with Crippen molar-refractivity contribution in [1.82, 2.24) is 0 Å². The first kappa shape index (κ1) is 27.9. The third-order valence-corrected chi connectivity index (χ3v) is 6.61. The molecule has 0 saturated carbocycles. The van der Waals surface area contributed by atoms with E-state index in [2.05, 4.69) is 10.6 Å². The molecule has 3 aromatic carbocycles. The fraction of sp³-hybridized carbons (Fsp3) is 0.172. The van der Waals surface area contributed by atoms with E-state index < -0.39 is 17.8 Å². The van der Waals surface area contributed by atoms with E-state index in [1.54, 1.807) is 60.7 Å². The Bertz CT molecular complexity index is 1480. The molecule has 10 heteroatoms. The number of imide groups is 1. The highest BCUT2D eigenvalue weighted by molar-refractivity contribution is 6.53. The number of ether oxygens (including phenoxy) is 1. The largest absolute Gasteiger partial charge is 0.462 e. The maximum absolute atomic E-state index is 13.0. The van der Waals surface area contributed by atoms with Crippen LogP contribution in [0.1, 0.15) is 34.8 Å². The number of nitrogens with one attached hydrogen (secondary N) is 2. The molecule has 0 saturated heterocycles. The summed E-state index contributed by atoms with van der Waals surface area (Å²) in [5.41, 5.74) is 3.13. The number of halogens is 2. The van der Waals surface area contributed by atoms with Gasteiger partial charge in [-0.3, -0.25) is 14.4 Å². The van der Waals surface area contributed by atoms with Gasteiger partial charge in [0, 0.05) is 16.4 Å². The molecular formula is C29H25Cl2N3O5. The quantitative estimate of drug-likeness (QED) is 0.250. The Labute approximate surface area is 235 Å². The Hall–Kier alpha value is -4.14. The Morgan fingerprint density at radius 1 is 0.923 bits per heavy atom. The lowest BCUT2D eigenvalue weighted by atomic mass is 10.1. The average molecular weight is 566 g/mol. The molecule has 4 rings (SSSR count). The number of rotatable bonds is 9. The van der Waals surface area contributed by atoms with Crippen LogP contribution in [0.15, 0.2) is 77.5 Å². The van der Waals surface area contributed by atoms with Crippen molar-refractivity contribution in [2.75, 3.05) is 22.1 Å². The van der Waals surface area contributed by atoms with Gasteiger partial charge in [0.05, 0.1) is 24.3 Å². The summed E-state index contributed by atoms with van der Waals surface area (Å²) < 4.78 is 5.13. The summed E-state index contributed by atoms with van der Waals surface area (Å²) in [4.78, 5) is 51.3. The zero-order valence-corrected chi connectivity index (χ0v) is 22.7. The van der Waals surface area contributed by atoms with E-state index in [1.165, 1.54) is 6.07 Å². The van der Waals surface area contributed by atoms with Gasteiger partial charge in [-0.25, -0.2) is 9.69 Å². The smallest absolute Gasteiger partial charge is 0.338 e. The van der Waals surface area contributed by atoms with Crippen molar-refractivity contribution in [1.29, 1.82) is 0 Å². The summed E-state index contributed by atoms with van der Waals surface area (Å²) in [5.74, 6) is -1.97. The van der Waals surface area contributed by atoms with Crippen LogP contribution in [0.25, 0.3) is 0 Å². The maximum atomic E-state index is 13.0. The fourth-order valence-electron chi connectivity index (χ4n) is 3.81. The molecule has 2 N–H and O–H groups in total. The highest BCUT2D eigenvalue weighted by atomic mass is 35.5. The molecule has 0 aromatic heterocycles. The maximum Gasteiger partial charge on any atom is 0.338 e. The van der Waals surface area contributed by atoms with Crippen molar-refractivity contribution in [3.63, 3.8) is 0 Å². The van der Waals surface area contributed by atoms with Gasteiger partial charge in [-0.1, -0.05) is 54.4 Å². The topological polar surface area (TPSA) is 105 Å². The van der Waals surface area contributed by atoms with Crippen molar-refractivity contribution in [2.45, 2.75) is 26.7 Å². The molecule has 0 atom stereocenters. The van der Waals surface area contributed by atoms with Gasteiger partial charge in [-0.15, -0.1) is 0 Å². The van der Waals surface area contributed by atoms with E-state index in [1.807, 2.05) is 13.8 Å². The zero-order chi connectivity index (χ0) is 28.1. The first-order chi connectivity index (χ1) is 18.7. The Kier molecular flexibility index (Phi) is 8.69. The van der Waals surface area contributed by atoms with E-state index in [4.69, 9.17) is 27.9 Å². The molecule has 1 heterocycles. The molecule has 0 fully saturated rings. The van der Waals surface area contributed by atoms with Crippen LogP contribution >= 0.6 is 23.2 Å². The van der Waals surface area contributed by atoms with Crippen LogP contribution in [0.3, 0.4) is 0 Å². The molecule has 3 aromatic rings.